The summed E-state index contributed by atoms with van der Waals surface area (Å²) in [6.07, 6.45) is 2.67. The predicted octanol–water partition coefficient (Wildman–Crippen LogP) is 4.56. The van der Waals surface area contributed by atoms with Crippen LogP contribution in [0.3, 0.4) is 0 Å². The number of carboxylic acids is 1. The van der Waals surface area contributed by atoms with Crippen molar-refractivity contribution in [2.45, 2.75) is 39.8 Å². The van der Waals surface area contributed by atoms with Crippen LogP contribution in [0.15, 0.2) is 41.1 Å². The third-order valence-corrected chi connectivity index (χ3v) is 6.55. The summed E-state index contributed by atoms with van der Waals surface area (Å²) in [5.74, 6) is 0.114. The van der Waals surface area contributed by atoms with E-state index in [1.165, 1.54) is 5.56 Å². The summed E-state index contributed by atoms with van der Waals surface area (Å²) in [6, 6.07) is 12.4. The molecular formula is C26H25N5O3. The third-order valence-electron chi connectivity index (χ3n) is 6.55. The summed E-state index contributed by atoms with van der Waals surface area (Å²) in [5, 5.41) is 23.8. The molecule has 8 nitrogen and oxygen atoms in total. The van der Waals surface area contributed by atoms with Crippen molar-refractivity contribution in [3.05, 3.63) is 58.8 Å². The fraction of sp³-hybridized carbons (Fsp3) is 0.308. The Hall–Kier alpha value is -3.96. The fourth-order valence-corrected chi connectivity index (χ4v) is 4.82. The molecule has 0 aliphatic carbocycles. The van der Waals surface area contributed by atoms with Crippen LogP contribution in [0.25, 0.3) is 33.7 Å². The number of carboxylic acid groups (broad SMARTS) is 1. The number of carbonyl (C=O) groups is 1. The summed E-state index contributed by atoms with van der Waals surface area (Å²) in [4.78, 5) is 17.7. The zero-order valence-corrected chi connectivity index (χ0v) is 19.4. The zero-order valence-electron chi connectivity index (χ0n) is 19.4. The number of nitrogens with zero attached hydrogens (tertiary/aromatic N) is 5. The van der Waals surface area contributed by atoms with Gasteiger partial charge in [0.1, 0.15) is 6.07 Å². The van der Waals surface area contributed by atoms with E-state index in [1.807, 2.05) is 41.4 Å². The van der Waals surface area contributed by atoms with Crippen LogP contribution in [0.2, 0.25) is 0 Å². The molecule has 0 radical (unpaired) electrons. The molecule has 0 saturated carbocycles. The van der Waals surface area contributed by atoms with Crippen molar-refractivity contribution in [3.63, 3.8) is 0 Å². The summed E-state index contributed by atoms with van der Waals surface area (Å²) >= 11 is 0. The van der Waals surface area contributed by atoms with E-state index in [0.717, 1.165) is 39.6 Å². The monoisotopic (exact) mass is 455 g/mol. The van der Waals surface area contributed by atoms with Crippen molar-refractivity contribution in [2.24, 2.45) is 0 Å². The van der Waals surface area contributed by atoms with Crippen LogP contribution in [0.5, 0.6) is 0 Å². The highest BCUT2D eigenvalue weighted by molar-refractivity contribution is 5.90. The minimum atomic E-state index is -0.808. The summed E-state index contributed by atoms with van der Waals surface area (Å²) < 4.78 is 7.71. The van der Waals surface area contributed by atoms with Crippen molar-refractivity contribution in [2.75, 3.05) is 13.1 Å². The van der Waals surface area contributed by atoms with Gasteiger partial charge in [-0.15, -0.1) is 0 Å². The van der Waals surface area contributed by atoms with E-state index in [9.17, 15) is 10.1 Å². The summed E-state index contributed by atoms with van der Waals surface area (Å²) in [7, 11) is 0. The van der Waals surface area contributed by atoms with Gasteiger partial charge in [0.05, 0.1) is 12.1 Å². The molecule has 0 fully saturated rings. The first-order valence-corrected chi connectivity index (χ1v) is 11.3. The number of hydrogen-bond acceptors (Lipinski definition) is 6. The number of fused-ring (bicyclic) bond motifs is 2. The second kappa shape index (κ2) is 8.43. The standard InChI is InChI=1S/C26H25N5O3/c1-15(2)31-13-19(11-27)22-10-17(5-7-23(22)31)26-28-25(29-34-26)21-6-4-18-12-30(14-24(32)33)9-8-20(18)16(21)3/h4-7,10,13,15H,8-9,12,14H2,1-3H3,(H,32,33). The van der Waals surface area contributed by atoms with Crippen LogP contribution >= 0.6 is 0 Å². The molecule has 0 spiro atoms. The molecule has 1 N–H and O–H groups in total. The van der Waals surface area contributed by atoms with Gasteiger partial charge in [0.15, 0.2) is 0 Å². The molecule has 4 aromatic rings. The maximum atomic E-state index is 11.1. The highest BCUT2D eigenvalue weighted by atomic mass is 16.5. The topological polar surface area (TPSA) is 108 Å². The van der Waals surface area contributed by atoms with E-state index in [-0.39, 0.29) is 12.6 Å². The van der Waals surface area contributed by atoms with Gasteiger partial charge in [0.25, 0.3) is 5.89 Å². The lowest BCUT2D eigenvalue weighted by atomic mass is 9.91. The molecule has 3 heterocycles. The van der Waals surface area contributed by atoms with Gasteiger partial charge in [-0.3, -0.25) is 9.69 Å². The Balaban J connectivity index is 1.47. The van der Waals surface area contributed by atoms with E-state index in [2.05, 4.69) is 41.5 Å². The van der Waals surface area contributed by atoms with E-state index in [0.29, 0.717) is 30.4 Å². The number of rotatable bonds is 5. The Morgan fingerprint density at radius 1 is 1.29 bits per heavy atom. The first-order chi connectivity index (χ1) is 16.4. The molecule has 8 heteroatoms. The van der Waals surface area contributed by atoms with Gasteiger partial charge in [0.2, 0.25) is 5.82 Å². The third kappa shape index (κ3) is 3.74. The first-order valence-electron chi connectivity index (χ1n) is 11.3. The van der Waals surface area contributed by atoms with Gasteiger partial charge in [0, 0.05) is 47.4 Å². The smallest absolute Gasteiger partial charge is 0.317 e. The minimum absolute atomic E-state index is 0.0485. The SMILES string of the molecule is Cc1c(-c2noc(-c3ccc4c(c3)c(C#N)cn4C(C)C)n2)ccc2c1CCN(CC(=O)O)C2. The second-order valence-electron chi connectivity index (χ2n) is 9.04. The van der Waals surface area contributed by atoms with Crippen LogP contribution in [0.4, 0.5) is 0 Å². The number of nitriles is 1. The molecule has 2 aromatic heterocycles. The number of aromatic nitrogens is 3. The van der Waals surface area contributed by atoms with Crippen LogP contribution < -0.4 is 0 Å². The summed E-state index contributed by atoms with van der Waals surface area (Å²) in [6.45, 7) is 7.60. The van der Waals surface area contributed by atoms with Crippen molar-refractivity contribution >= 4 is 16.9 Å². The average molecular weight is 456 g/mol. The second-order valence-corrected chi connectivity index (χ2v) is 9.04. The molecule has 2 aromatic carbocycles. The number of hydrogen-bond donors (Lipinski definition) is 1. The molecular weight excluding hydrogens is 430 g/mol. The average Bonchev–Trinajstić information content (AvgIpc) is 3.43. The zero-order chi connectivity index (χ0) is 24.0. The number of aliphatic carboxylic acids is 1. The molecule has 0 saturated heterocycles. The van der Waals surface area contributed by atoms with E-state index < -0.39 is 5.97 Å². The Morgan fingerprint density at radius 2 is 2.12 bits per heavy atom. The van der Waals surface area contributed by atoms with Crippen LogP contribution in [-0.4, -0.2) is 43.8 Å². The first kappa shape index (κ1) is 21.9. The highest BCUT2D eigenvalue weighted by Crippen LogP contribution is 2.33. The Bertz CT molecular complexity index is 1460. The fourth-order valence-electron chi connectivity index (χ4n) is 4.82. The quantitative estimate of drug-likeness (QED) is 0.470. The lowest BCUT2D eigenvalue weighted by molar-refractivity contribution is -0.138. The van der Waals surface area contributed by atoms with Gasteiger partial charge >= 0.3 is 5.97 Å². The van der Waals surface area contributed by atoms with E-state index in [1.54, 1.807) is 0 Å². The van der Waals surface area contributed by atoms with Crippen molar-refractivity contribution in [1.82, 2.24) is 19.6 Å². The van der Waals surface area contributed by atoms with E-state index in [4.69, 9.17) is 9.63 Å². The van der Waals surface area contributed by atoms with Gasteiger partial charge in [-0.2, -0.15) is 10.2 Å². The van der Waals surface area contributed by atoms with Crippen molar-refractivity contribution < 1.29 is 14.4 Å². The maximum absolute atomic E-state index is 11.1. The van der Waals surface area contributed by atoms with E-state index >= 15 is 0 Å². The van der Waals surface area contributed by atoms with Gasteiger partial charge in [-0.25, -0.2) is 0 Å². The van der Waals surface area contributed by atoms with Crippen molar-refractivity contribution in [3.8, 4) is 28.9 Å². The molecule has 1 aliphatic rings. The molecule has 0 amide bonds. The Kier molecular flexibility index (Phi) is 5.42. The van der Waals surface area contributed by atoms with Gasteiger partial charge in [-0.05, 0) is 62.1 Å². The Morgan fingerprint density at radius 3 is 2.85 bits per heavy atom. The molecule has 0 bridgehead atoms. The highest BCUT2D eigenvalue weighted by Gasteiger charge is 2.23. The van der Waals surface area contributed by atoms with Crippen LogP contribution in [0, 0.1) is 18.3 Å². The van der Waals surface area contributed by atoms with Crippen LogP contribution in [-0.2, 0) is 17.8 Å². The lowest BCUT2D eigenvalue weighted by Crippen LogP contribution is -2.35. The lowest BCUT2D eigenvalue weighted by Gasteiger charge is -2.28. The van der Waals surface area contributed by atoms with Crippen LogP contribution in [0.1, 0.15) is 42.1 Å². The minimum Gasteiger partial charge on any atom is -0.480 e. The molecule has 34 heavy (non-hydrogen) atoms. The van der Waals surface area contributed by atoms with Crippen molar-refractivity contribution in [1.29, 1.82) is 5.26 Å². The molecule has 5 rings (SSSR count). The normalized spacial score (nSPS) is 13.9. The molecule has 0 atom stereocenters. The van der Waals surface area contributed by atoms with Gasteiger partial charge in [-0.1, -0.05) is 17.3 Å². The molecule has 1 aliphatic heterocycles. The molecule has 0 unspecified atom stereocenters. The summed E-state index contributed by atoms with van der Waals surface area (Å²) in [5.41, 5.74) is 6.75. The molecule has 172 valence electrons. The largest absolute Gasteiger partial charge is 0.480 e. The predicted molar refractivity (Wildman–Crippen MR) is 127 cm³/mol. The van der Waals surface area contributed by atoms with Gasteiger partial charge < -0.3 is 14.2 Å². The number of benzene rings is 2. The maximum Gasteiger partial charge on any atom is 0.317 e. The Labute approximate surface area is 197 Å².